The first-order chi connectivity index (χ1) is 22.6. The lowest BCUT2D eigenvalue weighted by molar-refractivity contribution is -0.156. The molecule has 0 aromatic rings. The van der Waals surface area contributed by atoms with Crippen molar-refractivity contribution >= 4 is 17.7 Å². The van der Waals surface area contributed by atoms with Gasteiger partial charge in [0.2, 0.25) is 5.91 Å². The second-order valence-corrected chi connectivity index (χ2v) is 12.9. The van der Waals surface area contributed by atoms with E-state index >= 15 is 0 Å². The van der Waals surface area contributed by atoms with E-state index in [4.69, 9.17) is 4.74 Å². The van der Waals surface area contributed by atoms with Gasteiger partial charge in [0, 0.05) is 12.8 Å². The number of hydrogen-bond donors (Lipinski definition) is 4. The number of nitrogens with one attached hydrogen (secondary N) is 1. The molecule has 1 amide bonds. The molecule has 0 aromatic heterocycles. The maximum Gasteiger partial charge on any atom is 0.307 e. The number of ketones is 1. The number of carbonyl (C=O) groups excluding carboxylic acids is 3. The monoisotopic (exact) mass is 661 g/mol. The highest BCUT2D eigenvalue weighted by Crippen LogP contribution is 2.40. The van der Waals surface area contributed by atoms with Crippen LogP contribution in [-0.4, -0.2) is 64.4 Å². The van der Waals surface area contributed by atoms with Crippen LogP contribution >= 0.6 is 0 Å². The lowest BCUT2D eigenvalue weighted by Gasteiger charge is -2.36. The molecule has 8 nitrogen and oxygen atoms in total. The number of aliphatic hydroxyl groups is 3. The van der Waals surface area contributed by atoms with Crippen LogP contribution in [0, 0.1) is 5.41 Å². The van der Waals surface area contributed by atoms with Crippen molar-refractivity contribution in [2.75, 3.05) is 19.8 Å². The SMILES string of the molecule is C/C=C/C(C)=C/C=C/C(C)=C/C=C/C=C(C)/C=C/C=C(C)/C=C/C1=C(C)C(=O)C(OC(=O)CCC(=O)NC(CO)(CO)CO)CC1(C)C. The first-order valence-electron chi connectivity index (χ1n) is 16.2. The fraction of sp³-hybridized carbons (Fsp3) is 0.425. The molecule has 0 aromatic carbocycles. The van der Waals surface area contributed by atoms with Gasteiger partial charge in [0.05, 0.1) is 26.2 Å². The Morgan fingerprint density at radius 3 is 1.79 bits per heavy atom. The number of allylic oxidation sites excluding steroid dienone is 19. The number of aliphatic hydroxyl groups excluding tert-OH is 3. The van der Waals surface area contributed by atoms with E-state index in [0.717, 1.165) is 22.3 Å². The standard InChI is InChI=1S/C40H55NO7/c1-9-14-29(2)17-12-18-30(3)15-10-11-16-31(4)19-13-20-32(5)21-22-34-33(6)38(47)35(25-39(34,7)8)48-37(46)24-23-36(45)41-40(26-42,27-43)28-44/h9-22,35,42-44H,23-28H2,1-8H3,(H,41,45)/b11-10+,14-9+,18-12+,19-13+,22-21+,29-17+,30-15+,31-16+,32-20+. The zero-order valence-corrected chi connectivity index (χ0v) is 29.9. The molecule has 262 valence electrons. The van der Waals surface area contributed by atoms with E-state index < -0.39 is 48.8 Å². The Kier molecular flexibility index (Phi) is 18.3. The van der Waals surface area contributed by atoms with Crippen LogP contribution < -0.4 is 5.32 Å². The Balaban J connectivity index is 2.81. The van der Waals surface area contributed by atoms with E-state index in [0.29, 0.717) is 12.0 Å². The molecule has 1 atom stereocenters. The van der Waals surface area contributed by atoms with Crippen LogP contribution in [0.4, 0.5) is 0 Å². The van der Waals surface area contributed by atoms with Gasteiger partial charge < -0.3 is 25.4 Å². The highest BCUT2D eigenvalue weighted by Gasteiger charge is 2.40. The predicted molar refractivity (Wildman–Crippen MR) is 194 cm³/mol. The molecule has 0 saturated carbocycles. The fourth-order valence-electron chi connectivity index (χ4n) is 4.87. The van der Waals surface area contributed by atoms with E-state index in [1.54, 1.807) is 6.92 Å². The summed E-state index contributed by atoms with van der Waals surface area (Å²) in [6.45, 7) is 13.8. The number of hydrogen-bond acceptors (Lipinski definition) is 7. The minimum Gasteiger partial charge on any atom is -0.454 e. The van der Waals surface area contributed by atoms with Gasteiger partial charge in [0.25, 0.3) is 0 Å². The van der Waals surface area contributed by atoms with Gasteiger partial charge in [-0.1, -0.05) is 121 Å². The van der Waals surface area contributed by atoms with Crippen LogP contribution in [0.15, 0.2) is 119 Å². The number of Topliss-reactive ketones (excluding diaryl/α,β-unsaturated/α-hetero) is 1. The third kappa shape index (κ3) is 14.8. The first-order valence-corrected chi connectivity index (χ1v) is 16.2. The molecule has 0 radical (unpaired) electrons. The molecule has 1 aliphatic rings. The zero-order chi connectivity index (χ0) is 36.3. The largest absolute Gasteiger partial charge is 0.454 e. The predicted octanol–water partition coefficient (Wildman–Crippen LogP) is 6.41. The molecule has 0 fully saturated rings. The molecule has 1 unspecified atom stereocenters. The molecule has 0 saturated heterocycles. The van der Waals surface area contributed by atoms with E-state index in [1.165, 1.54) is 5.57 Å². The minimum absolute atomic E-state index is 0.278. The summed E-state index contributed by atoms with van der Waals surface area (Å²) >= 11 is 0. The Bertz CT molecular complexity index is 1430. The summed E-state index contributed by atoms with van der Waals surface area (Å²) in [6.07, 6.45) is 27.0. The molecular weight excluding hydrogens is 606 g/mol. The Morgan fingerprint density at radius 2 is 1.29 bits per heavy atom. The van der Waals surface area contributed by atoms with Crippen molar-refractivity contribution < 1.29 is 34.4 Å². The molecule has 0 aliphatic heterocycles. The molecule has 1 rings (SSSR count). The third-order valence-electron chi connectivity index (χ3n) is 7.84. The highest BCUT2D eigenvalue weighted by atomic mass is 16.5. The molecular formula is C40H55NO7. The van der Waals surface area contributed by atoms with Crippen molar-refractivity contribution in [1.82, 2.24) is 5.32 Å². The van der Waals surface area contributed by atoms with Gasteiger partial charge in [-0.05, 0) is 58.1 Å². The van der Waals surface area contributed by atoms with Crippen molar-refractivity contribution in [3.63, 3.8) is 0 Å². The lowest BCUT2D eigenvalue weighted by Crippen LogP contribution is -2.57. The van der Waals surface area contributed by atoms with Gasteiger partial charge >= 0.3 is 5.97 Å². The van der Waals surface area contributed by atoms with Crippen molar-refractivity contribution in [2.24, 2.45) is 5.41 Å². The maximum absolute atomic E-state index is 13.2. The second kappa shape index (κ2) is 21.0. The number of amides is 1. The van der Waals surface area contributed by atoms with Crippen LogP contribution in [0.2, 0.25) is 0 Å². The van der Waals surface area contributed by atoms with Gasteiger partial charge in [-0.15, -0.1) is 0 Å². The molecule has 4 N–H and O–H groups in total. The van der Waals surface area contributed by atoms with E-state index in [1.807, 2.05) is 95.4 Å². The summed E-state index contributed by atoms with van der Waals surface area (Å²) in [4.78, 5) is 37.9. The molecule has 0 heterocycles. The number of esters is 1. The highest BCUT2D eigenvalue weighted by molar-refractivity contribution is 6.01. The molecule has 0 bridgehead atoms. The average molecular weight is 662 g/mol. The summed E-state index contributed by atoms with van der Waals surface area (Å²) in [5.41, 5.74) is 3.81. The van der Waals surface area contributed by atoms with Gasteiger partial charge in [0.1, 0.15) is 5.54 Å². The summed E-state index contributed by atoms with van der Waals surface area (Å²) in [6, 6.07) is 0. The lowest BCUT2D eigenvalue weighted by atomic mass is 9.71. The molecule has 8 heteroatoms. The Hall–Kier alpha value is -4.11. The first kappa shape index (κ1) is 41.9. The van der Waals surface area contributed by atoms with Gasteiger partial charge in [-0.3, -0.25) is 14.4 Å². The smallest absolute Gasteiger partial charge is 0.307 e. The van der Waals surface area contributed by atoms with E-state index in [2.05, 4.69) is 43.5 Å². The fourth-order valence-corrected chi connectivity index (χ4v) is 4.87. The zero-order valence-electron chi connectivity index (χ0n) is 29.9. The molecule has 48 heavy (non-hydrogen) atoms. The van der Waals surface area contributed by atoms with Crippen LogP contribution in [0.25, 0.3) is 0 Å². The summed E-state index contributed by atoms with van der Waals surface area (Å²) in [7, 11) is 0. The molecule has 0 spiro atoms. The summed E-state index contributed by atoms with van der Waals surface area (Å²) in [5.74, 6) is -1.63. The van der Waals surface area contributed by atoms with Crippen molar-refractivity contribution in [3.8, 4) is 0 Å². The van der Waals surface area contributed by atoms with Crippen molar-refractivity contribution in [1.29, 1.82) is 0 Å². The Labute approximate surface area is 287 Å². The summed E-state index contributed by atoms with van der Waals surface area (Å²) < 4.78 is 5.48. The van der Waals surface area contributed by atoms with Crippen molar-refractivity contribution in [3.05, 3.63) is 119 Å². The van der Waals surface area contributed by atoms with Gasteiger partial charge in [-0.25, -0.2) is 0 Å². The number of carbonyl (C=O) groups is 3. The maximum atomic E-state index is 13.2. The topological polar surface area (TPSA) is 133 Å². The van der Waals surface area contributed by atoms with Gasteiger partial charge in [-0.2, -0.15) is 0 Å². The minimum atomic E-state index is -1.58. The second-order valence-electron chi connectivity index (χ2n) is 12.9. The van der Waals surface area contributed by atoms with Crippen LogP contribution in [0.5, 0.6) is 0 Å². The van der Waals surface area contributed by atoms with Crippen LogP contribution in [-0.2, 0) is 19.1 Å². The van der Waals surface area contributed by atoms with E-state index in [-0.39, 0.29) is 18.6 Å². The normalized spacial score (nSPS) is 18.8. The average Bonchev–Trinajstić information content (AvgIpc) is 3.03. The number of rotatable bonds is 17. The van der Waals surface area contributed by atoms with Crippen LogP contribution in [0.1, 0.15) is 74.7 Å². The Morgan fingerprint density at radius 1 is 0.812 bits per heavy atom. The third-order valence-corrected chi connectivity index (χ3v) is 7.84. The quantitative estimate of drug-likeness (QED) is 0.105. The van der Waals surface area contributed by atoms with E-state index in [9.17, 15) is 29.7 Å². The van der Waals surface area contributed by atoms with Gasteiger partial charge in [0.15, 0.2) is 11.9 Å². The number of ether oxygens (including phenoxy) is 1. The summed E-state index contributed by atoms with van der Waals surface area (Å²) in [5, 5.41) is 30.4. The van der Waals surface area contributed by atoms with Crippen LogP contribution in [0.3, 0.4) is 0 Å². The van der Waals surface area contributed by atoms with Crippen molar-refractivity contribution in [2.45, 2.75) is 86.3 Å². The molecule has 1 aliphatic carbocycles.